The minimum absolute atomic E-state index is 0.147. The van der Waals surface area contributed by atoms with Crippen molar-refractivity contribution < 1.29 is 14.7 Å². The monoisotopic (exact) mass is 301 g/mol. The Morgan fingerprint density at radius 1 is 1.18 bits per heavy atom. The number of carboxylic acids is 1. The van der Waals surface area contributed by atoms with E-state index in [-0.39, 0.29) is 18.4 Å². The van der Waals surface area contributed by atoms with Crippen LogP contribution < -0.4 is 5.32 Å². The lowest BCUT2D eigenvalue weighted by Crippen LogP contribution is -2.32. The zero-order valence-corrected chi connectivity index (χ0v) is 13.0. The largest absolute Gasteiger partial charge is 0.481 e. The fourth-order valence-corrected chi connectivity index (χ4v) is 1.99. The Balaban J connectivity index is 2.51. The maximum absolute atomic E-state index is 11.8. The maximum Gasteiger partial charge on any atom is 0.308 e. The van der Waals surface area contributed by atoms with Crippen molar-refractivity contribution in [1.82, 2.24) is 5.32 Å². The number of rotatable bonds is 7. The second kappa shape index (κ2) is 9.55. The van der Waals surface area contributed by atoms with Gasteiger partial charge in [0.1, 0.15) is 0 Å². The molecule has 4 nitrogen and oxygen atoms in total. The van der Waals surface area contributed by atoms with Crippen LogP contribution in [0, 0.1) is 11.8 Å². The van der Waals surface area contributed by atoms with Crippen LogP contribution in [0.15, 0.2) is 60.3 Å². The summed E-state index contributed by atoms with van der Waals surface area (Å²) in [4.78, 5) is 22.9. The van der Waals surface area contributed by atoms with Crippen LogP contribution in [0.1, 0.15) is 20.3 Å². The minimum atomic E-state index is -0.874. The van der Waals surface area contributed by atoms with Crippen LogP contribution in [0.25, 0.3) is 0 Å². The fourth-order valence-electron chi connectivity index (χ4n) is 1.99. The van der Waals surface area contributed by atoms with E-state index in [1.54, 1.807) is 6.08 Å². The summed E-state index contributed by atoms with van der Waals surface area (Å²) in [6.07, 6.45) is 17.0. The number of allylic oxidation sites excluding steroid dienone is 9. The Morgan fingerprint density at radius 2 is 1.86 bits per heavy atom. The lowest BCUT2D eigenvalue weighted by Gasteiger charge is -2.14. The van der Waals surface area contributed by atoms with Crippen LogP contribution in [0.4, 0.5) is 0 Å². The smallest absolute Gasteiger partial charge is 0.308 e. The van der Waals surface area contributed by atoms with Crippen LogP contribution in [0.5, 0.6) is 0 Å². The van der Waals surface area contributed by atoms with E-state index in [4.69, 9.17) is 5.11 Å². The molecule has 0 aromatic rings. The molecule has 22 heavy (non-hydrogen) atoms. The molecule has 0 heterocycles. The van der Waals surface area contributed by atoms with E-state index < -0.39 is 11.9 Å². The van der Waals surface area contributed by atoms with Crippen molar-refractivity contribution >= 4 is 11.9 Å². The van der Waals surface area contributed by atoms with Gasteiger partial charge < -0.3 is 10.4 Å². The topological polar surface area (TPSA) is 66.4 Å². The van der Waals surface area contributed by atoms with Crippen molar-refractivity contribution in [2.45, 2.75) is 20.3 Å². The van der Waals surface area contributed by atoms with Gasteiger partial charge in [-0.2, -0.15) is 0 Å². The van der Waals surface area contributed by atoms with E-state index in [1.807, 2.05) is 56.4 Å². The summed E-state index contributed by atoms with van der Waals surface area (Å²) in [5.41, 5.74) is 0.896. The number of carboxylic acid groups (broad SMARTS) is 1. The summed E-state index contributed by atoms with van der Waals surface area (Å²) < 4.78 is 0. The van der Waals surface area contributed by atoms with Crippen LogP contribution >= 0.6 is 0 Å². The predicted molar refractivity (Wildman–Crippen MR) is 88.2 cm³/mol. The van der Waals surface area contributed by atoms with Crippen molar-refractivity contribution in [3.63, 3.8) is 0 Å². The van der Waals surface area contributed by atoms with Crippen molar-refractivity contribution in [2.75, 3.05) is 6.54 Å². The molecule has 0 saturated carbocycles. The van der Waals surface area contributed by atoms with Gasteiger partial charge in [-0.1, -0.05) is 56.4 Å². The zero-order valence-electron chi connectivity index (χ0n) is 13.0. The highest BCUT2D eigenvalue weighted by Gasteiger charge is 2.19. The molecule has 0 bridgehead atoms. The van der Waals surface area contributed by atoms with Crippen molar-refractivity contribution in [1.29, 1.82) is 0 Å². The molecule has 118 valence electrons. The fraction of sp³-hybridized carbons (Fsp3) is 0.333. The summed E-state index contributed by atoms with van der Waals surface area (Å²) in [7, 11) is 0. The second-order valence-corrected chi connectivity index (χ2v) is 5.54. The predicted octanol–water partition coefficient (Wildman–Crippen LogP) is 3.01. The van der Waals surface area contributed by atoms with Crippen molar-refractivity contribution in [3.8, 4) is 0 Å². The Kier molecular flexibility index (Phi) is 7.68. The average Bonchev–Trinajstić information content (AvgIpc) is 2.41. The van der Waals surface area contributed by atoms with Crippen LogP contribution in [-0.2, 0) is 9.59 Å². The Morgan fingerprint density at radius 3 is 2.55 bits per heavy atom. The lowest BCUT2D eigenvalue weighted by molar-refractivity contribution is -0.142. The highest BCUT2D eigenvalue weighted by Crippen LogP contribution is 2.11. The van der Waals surface area contributed by atoms with Crippen LogP contribution in [0.3, 0.4) is 0 Å². The molecule has 0 aromatic heterocycles. The van der Waals surface area contributed by atoms with Crippen LogP contribution in [-0.4, -0.2) is 23.5 Å². The first-order valence-electron chi connectivity index (χ1n) is 7.39. The molecule has 0 aromatic carbocycles. The van der Waals surface area contributed by atoms with Gasteiger partial charge in [-0.25, -0.2) is 0 Å². The third-order valence-corrected chi connectivity index (χ3v) is 3.08. The average molecular weight is 301 g/mol. The molecule has 1 aliphatic rings. The molecule has 0 saturated heterocycles. The molecular weight excluding hydrogens is 278 g/mol. The summed E-state index contributed by atoms with van der Waals surface area (Å²) in [6, 6.07) is 0. The van der Waals surface area contributed by atoms with Gasteiger partial charge in [0.25, 0.3) is 0 Å². The number of hydrogen-bond acceptors (Lipinski definition) is 2. The zero-order chi connectivity index (χ0) is 16.4. The summed E-state index contributed by atoms with van der Waals surface area (Å²) in [6.45, 7) is 4.08. The van der Waals surface area contributed by atoms with Gasteiger partial charge in [0.05, 0.1) is 5.92 Å². The van der Waals surface area contributed by atoms with E-state index in [0.717, 1.165) is 5.57 Å². The molecule has 1 aliphatic carbocycles. The van der Waals surface area contributed by atoms with Gasteiger partial charge in [-0.3, -0.25) is 9.59 Å². The molecular formula is C18H23NO3. The number of aliphatic carboxylic acids is 1. The highest BCUT2D eigenvalue weighted by atomic mass is 16.4. The molecule has 0 radical (unpaired) electrons. The van der Waals surface area contributed by atoms with E-state index >= 15 is 0 Å². The molecule has 0 fully saturated rings. The first-order chi connectivity index (χ1) is 10.5. The van der Waals surface area contributed by atoms with E-state index in [2.05, 4.69) is 5.32 Å². The second-order valence-electron chi connectivity index (χ2n) is 5.54. The van der Waals surface area contributed by atoms with Gasteiger partial charge in [0.2, 0.25) is 5.91 Å². The minimum Gasteiger partial charge on any atom is -0.481 e. The third kappa shape index (κ3) is 7.43. The molecule has 1 amide bonds. The van der Waals surface area contributed by atoms with Gasteiger partial charge in [-0.05, 0) is 24.0 Å². The van der Waals surface area contributed by atoms with Crippen molar-refractivity contribution in [3.05, 3.63) is 60.3 Å². The quantitative estimate of drug-likeness (QED) is 0.710. The van der Waals surface area contributed by atoms with Gasteiger partial charge in [0, 0.05) is 12.6 Å². The van der Waals surface area contributed by atoms with Gasteiger partial charge in [0.15, 0.2) is 0 Å². The summed E-state index contributed by atoms with van der Waals surface area (Å²) in [5, 5.41) is 11.8. The maximum atomic E-state index is 11.8. The summed E-state index contributed by atoms with van der Waals surface area (Å²) in [5.74, 6) is -1.43. The van der Waals surface area contributed by atoms with E-state index in [9.17, 15) is 9.59 Å². The van der Waals surface area contributed by atoms with E-state index in [1.165, 1.54) is 6.08 Å². The van der Waals surface area contributed by atoms with Crippen LogP contribution in [0.2, 0.25) is 0 Å². The number of hydrogen-bond donors (Lipinski definition) is 2. The lowest BCUT2D eigenvalue weighted by atomic mass is 9.97. The van der Waals surface area contributed by atoms with E-state index in [0.29, 0.717) is 6.42 Å². The molecule has 1 unspecified atom stereocenters. The van der Waals surface area contributed by atoms with Gasteiger partial charge >= 0.3 is 5.97 Å². The molecule has 0 spiro atoms. The van der Waals surface area contributed by atoms with Crippen molar-refractivity contribution in [2.24, 2.45) is 11.8 Å². The molecule has 4 heteroatoms. The number of carbonyl (C=O) groups excluding carboxylic acids is 1. The Hall–Kier alpha value is -2.36. The Bertz CT molecular complexity index is 537. The highest BCUT2D eigenvalue weighted by molar-refractivity contribution is 5.88. The third-order valence-electron chi connectivity index (χ3n) is 3.08. The Labute approximate surface area is 131 Å². The standard InChI is InChI=1S/C18H23NO3/c1-14(2)12-16(18(21)22)13-19-17(20)11-10-15-8-6-4-3-5-7-9-15/h3-11,14,16H,12-13H2,1-2H3,(H,19,20)(H,21,22)/b4-3+,5-3?,6-4?,7-5-,8-6+,9-7?,11-10+,15-8?,15-9+. The number of carbonyl (C=O) groups is 2. The number of amides is 1. The normalized spacial score (nSPS) is 22.2. The van der Waals surface area contributed by atoms with Gasteiger partial charge in [-0.15, -0.1) is 0 Å². The molecule has 2 N–H and O–H groups in total. The first-order valence-corrected chi connectivity index (χ1v) is 7.39. The summed E-state index contributed by atoms with van der Waals surface area (Å²) >= 11 is 0. The first kappa shape index (κ1) is 17.7. The molecule has 1 atom stereocenters. The molecule has 1 rings (SSSR count). The number of nitrogens with one attached hydrogen (secondary N) is 1. The SMILES string of the molecule is CC(C)CC(CNC(=O)/C=C/C1=C/C=C\C=C\C=C\1)C(=O)O. The molecule has 0 aliphatic heterocycles.